The highest BCUT2D eigenvalue weighted by atomic mass is 35.5. The molecule has 10 heteroatoms. The fourth-order valence-corrected chi connectivity index (χ4v) is 4.33. The minimum Gasteiger partial charge on any atom is -0.428 e. The fourth-order valence-electron chi connectivity index (χ4n) is 2.43. The lowest BCUT2D eigenvalue weighted by Gasteiger charge is -2.24. The highest BCUT2D eigenvalue weighted by Gasteiger charge is 2.35. The number of anilines is 1. The first kappa shape index (κ1) is 20.2. The summed E-state index contributed by atoms with van der Waals surface area (Å²) < 4.78 is 50.1. The number of allylic oxidation sites excluding steroid dienone is 1. The van der Waals surface area contributed by atoms with Crippen LogP contribution in [0.2, 0.25) is 5.02 Å². The third kappa shape index (κ3) is 5.18. The van der Waals surface area contributed by atoms with Crippen LogP contribution < -0.4 is 4.72 Å². The van der Waals surface area contributed by atoms with Crippen LogP contribution in [0.15, 0.2) is 29.8 Å². The maximum atomic E-state index is 13.1. The van der Waals surface area contributed by atoms with E-state index in [0.29, 0.717) is 12.8 Å². The van der Waals surface area contributed by atoms with Gasteiger partial charge in [0.25, 0.3) is 0 Å². The minimum atomic E-state index is -4.04. The molecule has 0 aromatic heterocycles. The Kier molecular flexibility index (Phi) is 6.60. The molecule has 0 fully saturated rings. The zero-order valence-electron chi connectivity index (χ0n) is 13.8. The lowest BCUT2D eigenvalue weighted by Crippen LogP contribution is -2.35. The summed E-state index contributed by atoms with van der Waals surface area (Å²) in [6, 6.07) is 3.24. The van der Waals surface area contributed by atoms with Gasteiger partial charge in [-0.05, 0) is 37.5 Å². The van der Waals surface area contributed by atoms with Gasteiger partial charge in [0, 0.05) is 6.92 Å². The topological polar surface area (TPSA) is 98.8 Å². The summed E-state index contributed by atoms with van der Waals surface area (Å²) in [5.41, 5.74) is -0.0413. The Labute approximate surface area is 155 Å². The highest BCUT2D eigenvalue weighted by Crippen LogP contribution is 2.30. The molecule has 1 unspecified atom stereocenters. The second-order valence-electron chi connectivity index (χ2n) is 5.54. The predicted octanol–water partition coefficient (Wildman–Crippen LogP) is 2.76. The summed E-state index contributed by atoms with van der Waals surface area (Å²) >= 11 is 5.85. The molecule has 2 rings (SSSR count). The quantitative estimate of drug-likeness (QED) is 0.577. The van der Waals surface area contributed by atoms with Crippen molar-refractivity contribution in [3.8, 4) is 0 Å². The van der Waals surface area contributed by atoms with E-state index >= 15 is 0 Å². The first-order chi connectivity index (χ1) is 12.2. The summed E-state index contributed by atoms with van der Waals surface area (Å²) in [4.78, 5) is 22.9. The van der Waals surface area contributed by atoms with Crippen molar-refractivity contribution < 1.29 is 31.9 Å². The Bertz CT molecular complexity index is 839. The maximum Gasteiger partial charge on any atom is 0.337 e. The van der Waals surface area contributed by atoms with Gasteiger partial charge in [0.2, 0.25) is 16.8 Å². The van der Waals surface area contributed by atoms with Crippen LogP contribution in [-0.4, -0.2) is 32.4 Å². The van der Waals surface area contributed by atoms with Crippen LogP contribution in [0.1, 0.15) is 26.2 Å². The minimum absolute atomic E-state index is 0.00581. The number of ether oxygens (including phenoxy) is 2. The first-order valence-electron chi connectivity index (χ1n) is 7.68. The summed E-state index contributed by atoms with van der Waals surface area (Å²) in [5, 5.41) is -1.27. The molecule has 1 aromatic carbocycles. The monoisotopic (exact) mass is 405 g/mol. The van der Waals surface area contributed by atoms with E-state index in [0.717, 1.165) is 19.1 Å². The maximum absolute atomic E-state index is 13.1. The number of nitrogens with one attached hydrogen (secondary N) is 1. The number of benzene rings is 1. The number of hydrogen-bond donors (Lipinski definition) is 1. The number of esters is 2. The molecule has 26 heavy (non-hydrogen) atoms. The molecule has 0 spiro atoms. The van der Waals surface area contributed by atoms with Gasteiger partial charge in [-0.25, -0.2) is 17.6 Å². The van der Waals surface area contributed by atoms with Crippen molar-refractivity contribution >= 4 is 39.3 Å². The lowest BCUT2D eigenvalue weighted by atomic mass is 9.99. The van der Waals surface area contributed by atoms with Gasteiger partial charge in [0.1, 0.15) is 11.1 Å². The molecular formula is C16H17ClFNO6S. The SMILES string of the molecule is CC(=O)OCOC(=O)C1=CCCCC1S(=O)(=O)Nc1ccc(F)cc1Cl. The van der Waals surface area contributed by atoms with E-state index in [1.807, 2.05) is 0 Å². The highest BCUT2D eigenvalue weighted by molar-refractivity contribution is 7.93. The predicted molar refractivity (Wildman–Crippen MR) is 92.4 cm³/mol. The summed E-state index contributed by atoms with van der Waals surface area (Å²) in [7, 11) is -4.04. The largest absolute Gasteiger partial charge is 0.428 e. The Hall–Kier alpha value is -2.13. The molecule has 0 bridgehead atoms. The van der Waals surface area contributed by atoms with Gasteiger partial charge in [-0.15, -0.1) is 0 Å². The normalized spacial score (nSPS) is 17.2. The molecule has 0 radical (unpaired) electrons. The number of sulfonamides is 1. The second kappa shape index (κ2) is 8.50. The van der Waals surface area contributed by atoms with Crippen molar-refractivity contribution in [2.24, 2.45) is 0 Å². The molecule has 0 amide bonds. The Morgan fingerprint density at radius 2 is 2.08 bits per heavy atom. The van der Waals surface area contributed by atoms with Gasteiger partial charge in [0.05, 0.1) is 16.3 Å². The number of carbonyl (C=O) groups excluding carboxylic acids is 2. The van der Waals surface area contributed by atoms with Gasteiger partial charge in [-0.2, -0.15) is 0 Å². The number of hydrogen-bond acceptors (Lipinski definition) is 6. The van der Waals surface area contributed by atoms with Crippen LogP contribution in [0.5, 0.6) is 0 Å². The second-order valence-corrected chi connectivity index (χ2v) is 7.81. The van der Waals surface area contributed by atoms with Crippen LogP contribution in [0.4, 0.5) is 10.1 Å². The Morgan fingerprint density at radius 1 is 1.35 bits per heavy atom. The van der Waals surface area contributed by atoms with Gasteiger partial charge >= 0.3 is 11.9 Å². The first-order valence-corrected chi connectivity index (χ1v) is 9.60. The molecule has 7 nitrogen and oxygen atoms in total. The standard InChI is InChI=1S/C16H17ClFNO6S/c1-10(20)24-9-25-16(21)12-4-2-3-5-15(12)26(22,23)19-14-7-6-11(18)8-13(14)17/h4,6-8,15,19H,2-3,5,9H2,1H3. The molecule has 1 atom stereocenters. The number of carbonyl (C=O) groups is 2. The van der Waals surface area contributed by atoms with E-state index in [1.165, 1.54) is 12.1 Å². The van der Waals surface area contributed by atoms with Crippen LogP contribution in [0.25, 0.3) is 0 Å². The molecule has 1 N–H and O–H groups in total. The van der Waals surface area contributed by atoms with Crippen molar-refractivity contribution in [2.75, 3.05) is 11.5 Å². The zero-order valence-corrected chi connectivity index (χ0v) is 15.4. The smallest absolute Gasteiger partial charge is 0.337 e. The van der Waals surface area contributed by atoms with E-state index < -0.39 is 39.8 Å². The van der Waals surface area contributed by atoms with Gasteiger partial charge < -0.3 is 9.47 Å². The third-order valence-electron chi connectivity index (χ3n) is 3.63. The molecular weight excluding hydrogens is 389 g/mol. The van der Waals surface area contributed by atoms with Crippen molar-refractivity contribution in [3.63, 3.8) is 0 Å². The van der Waals surface area contributed by atoms with Gasteiger partial charge in [-0.1, -0.05) is 17.7 Å². The molecule has 1 aliphatic rings. The average Bonchev–Trinajstić information content (AvgIpc) is 2.57. The molecule has 0 saturated heterocycles. The molecule has 0 aliphatic heterocycles. The van der Waals surface area contributed by atoms with E-state index in [-0.39, 0.29) is 22.7 Å². The number of halogens is 2. The zero-order chi connectivity index (χ0) is 19.3. The van der Waals surface area contributed by atoms with Crippen LogP contribution >= 0.6 is 11.6 Å². The van der Waals surface area contributed by atoms with E-state index in [4.69, 9.17) is 16.3 Å². The Balaban J connectivity index is 2.17. The average molecular weight is 406 g/mol. The van der Waals surface area contributed by atoms with E-state index in [1.54, 1.807) is 0 Å². The Morgan fingerprint density at radius 3 is 2.73 bits per heavy atom. The van der Waals surface area contributed by atoms with E-state index in [9.17, 15) is 22.4 Å². The molecule has 0 heterocycles. The van der Waals surface area contributed by atoms with Crippen molar-refractivity contribution in [3.05, 3.63) is 40.7 Å². The third-order valence-corrected chi connectivity index (χ3v) is 5.68. The van der Waals surface area contributed by atoms with Crippen molar-refractivity contribution in [2.45, 2.75) is 31.4 Å². The van der Waals surface area contributed by atoms with Crippen molar-refractivity contribution in [1.82, 2.24) is 0 Å². The molecule has 1 aliphatic carbocycles. The van der Waals surface area contributed by atoms with Gasteiger partial charge in [-0.3, -0.25) is 9.52 Å². The van der Waals surface area contributed by atoms with Crippen LogP contribution in [-0.2, 0) is 29.1 Å². The molecule has 1 aromatic rings. The number of rotatable bonds is 6. The molecule has 142 valence electrons. The van der Waals surface area contributed by atoms with Gasteiger partial charge in [0.15, 0.2) is 0 Å². The summed E-state index contributed by atoms with van der Waals surface area (Å²) in [6.07, 6.45) is 2.75. The fraction of sp³-hybridized carbons (Fsp3) is 0.375. The van der Waals surface area contributed by atoms with E-state index in [2.05, 4.69) is 9.46 Å². The van der Waals surface area contributed by atoms with Crippen molar-refractivity contribution in [1.29, 1.82) is 0 Å². The summed E-state index contributed by atoms with van der Waals surface area (Å²) in [6.45, 7) is 0.548. The lowest BCUT2D eigenvalue weighted by molar-refractivity contribution is -0.163. The summed E-state index contributed by atoms with van der Waals surface area (Å²) in [5.74, 6) is -2.12. The van der Waals surface area contributed by atoms with Crippen LogP contribution in [0, 0.1) is 5.82 Å². The molecule has 0 saturated carbocycles. The van der Waals surface area contributed by atoms with Crippen LogP contribution in [0.3, 0.4) is 0 Å².